The lowest BCUT2D eigenvalue weighted by atomic mass is 9.93. The first kappa shape index (κ1) is 15.0. The smallest absolute Gasteiger partial charge is 0.308 e. The van der Waals surface area contributed by atoms with Gasteiger partial charge in [-0.25, -0.2) is 0 Å². The fourth-order valence-corrected chi connectivity index (χ4v) is 2.61. The van der Waals surface area contributed by atoms with Crippen LogP contribution in [0.25, 0.3) is 0 Å². The SMILES string of the molecule is CC(C)C(CNC(=O)C1CCCC1CN)C(=O)O. The Hall–Kier alpha value is -1.10. The van der Waals surface area contributed by atoms with Crippen LogP contribution < -0.4 is 11.1 Å². The molecule has 1 saturated carbocycles. The Bertz CT molecular complexity index is 305. The fraction of sp³-hybridized carbons (Fsp3) is 0.846. The van der Waals surface area contributed by atoms with Crippen LogP contribution in [0.15, 0.2) is 0 Å². The summed E-state index contributed by atoms with van der Waals surface area (Å²) in [5, 5.41) is 11.8. The van der Waals surface area contributed by atoms with E-state index in [0.717, 1.165) is 19.3 Å². The third kappa shape index (κ3) is 3.70. The maximum Gasteiger partial charge on any atom is 0.308 e. The molecule has 0 bridgehead atoms. The second-order valence-corrected chi connectivity index (χ2v) is 5.47. The van der Waals surface area contributed by atoms with Gasteiger partial charge in [0, 0.05) is 12.5 Å². The van der Waals surface area contributed by atoms with E-state index in [1.165, 1.54) is 0 Å². The van der Waals surface area contributed by atoms with E-state index in [0.29, 0.717) is 6.54 Å². The van der Waals surface area contributed by atoms with E-state index < -0.39 is 11.9 Å². The van der Waals surface area contributed by atoms with E-state index in [1.54, 1.807) is 0 Å². The van der Waals surface area contributed by atoms with Crippen molar-refractivity contribution >= 4 is 11.9 Å². The summed E-state index contributed by atoms with van der Waals surface area (Å²) in [5.74, 6) is -1.17. The molecule has 5 nitrogen and oxygen atoms in total. The van der Waals surface area contributed by atoms with Crippen molar-refractivity contribution in [2.45, 2.75) is 33.1 Å². The molecule has 3 unspecified atom stereocenters. The van der Waals surface area contributed by atoms with Gasteiger partial charge >= 0.3 is 5.97 Å². The van der Waals surface area contributed by atoms with E-state index in [1.807, 2.05) is 13.8 Å². The number of aliphatic carboxylic acids is 1. The molecule has 0 aromatic rings. The highest BCUT2D eigenvalue weighted by Crippen LogP contribution is 2.31. The van der Waals surface area contributed by atoms with Crippen LogP contribution in [-0.4, -0.2) is 30.1 Å². The average Bonchev–Trinajstić information content (AvgIpc) is 2.75. The third-order valence-electron chi connectivity index (χ3n) is 3.92. The minimum Gasteiger partial charge on any atom is -0.481 e. The second kappa shape index (κ2) is 6.73. The van der Waals surface area contributed by atoms with Gasteiger partial charge in [-0.1, -0.05) is 20.3 Å². The van der Waals surface area contributed by atoms with E-state index in [9.17, 15) is 9.59 Å². The zero-order valence-corrected chi connectivity index (χ0v) is 11.2. The van der Waals surface area contributed by atoms with Crippen molar-refractivity contribution in [2.24, 2.45) is 29.4 Å². The average molecular weight is 256 g/mol. The highest BCUT2D eigenvalue weighted by molar-refractivity contribution is 5.80. The summed E-state index contributed by atoms with van der Waals surface area (Å²) in [6.07, 6.45) is 2.90. The molecule has 1 rings (SSSR count). The number of carboxylic acid groups (broad SMARTS) is 1. The lowest BCUT2D eigenvalue weighted by Gasteiger charge is -2.21. The molecule has 1 aliphatic rings. The van der Waals surface area contributed by atoms with Gasteiger partial charge in [0.05, 0.1) is 5.92 Å². The van der Waals surface area contributed by atoms with Gasteiger partial charge in [0.25, 0.3) is 0 Å². The zero-order chi connectivity index (χ0) is 13.7. The number of carboxylic acids is 1. The van der Waals surface area contributed by atoms with E-state index in [-0.39, 0.29) is 30.2 Å². The van der Waals surface area contributed by atoms with Gasteiger partial charge in [-0.05, 0) is 31.2 Å². The highest BCUT2D eigenvalue weighted by Gasteiger charge is 2.32. The van der Waals surface area contributed by atoms with Crippen molar-refractivity contribution in [3.8, 4) is 0 Å². The Morgan fingerprint density at radius 1 is 1.39 bits per heavy atom. The minimum atomic E-state index is -0.855. The molecule has 1 aliphatic carbocycles. The van der Waals surface area contributed by atoms with E-state index in [4.69, 9.17) is 10.8 Å². The number of hydrogen-bond donors (Lipinski definition) is 3. The first-order valence-electron chi connectivity index (χ1n) is 6.68. The molecule has 3 atom stereocenters. The molecular weight excluding hydrogens is 232 g/mol. The summed E-state index contributed by atoms with van der Waals surface area (Å²) < 4.78 is 0. The normalized spacial score (nSPS) is 25.1. The number of hydrogen-bond acceptors (Lipinski definition) is 3. The molecule has 0 radical (unpaired) electrons. The number of nitrogens with one attached hydrogen (secondary N) is 1. The van der Waals surface area contributed by atoms with Crippen LogP contribution in [0.4, 0.5) is 0 Å². The molecule has 1 amide bonds. The standard InChI is InChI=1S/C13H24N2O3/c1-8(2)11(13(17)18)7-15-12(16)10-5-3-4-9(10)6-14/h8-11H,3-7,14H2,1-2H3,(H,15,16)(H,17,18). The molecule has 0 heterocycles. The minimum absolute atomic E-state index is 0.0108. The van der Waals surface area contributed by atoms with Crippen LogP contribution >= 0.6 is 0 Å². The molecule has 104 valence electrons. The Kier molecular flexibility index (Phi) is 5.59. The molecule has 5 heteroatoms. The molecule has 0 saturated heterocycles. The molecule has 1 fully saturated rings. The summed E-state index contributed by atoms with van der Waals surface area (Å²) in [6, 6.07) is 0. The van der Waals surface area contributed by atoms with Crippen molar-refractivity contribution in [1.82, 2.24) is 5.32 Å². The predicted octanol–water partition coefficient (Wildman–Crippen LogP) is 0.834. The first-order chi connectivity index (χ1) is 8.47. The van der Waals surface area contributed by atoms with E-state index in [2.05, 4.69) is 5.32 Å². The summed E-state index contributed by atoms with van der Waals surface area (Å²) in [5.41, 5.74) is 5.64. The Morgan fingerprint density at radius 3 is 2.56 bits per heavy atom. The van der Waals surface area contributed by atoms with Crippen LogP contribution in [0, 0.1) is 23.7 Å². The first-order valence-corrected chi connectivity index (χ1v) is 6.68. The van der Waals surface area contributed by atoms with Gasteiger partial charge in [-0.2, -0.15) is 0 Å². The topological polar surface area (TPSA) is 92.4 Å². The number of rotatable bonds is 6. The quantitative estimate of drug-likeness (QED) is 0.656. The highest BCUT2D eigenvalue weighted by atomic mass is 16.4. The molecule has 18 heavy (non-hydrogen) atoms. The van der Waals surface area contributed by atoms with Gasteiger partial charge in [0.2, 0.25) is 5.91 Å². The maximum atomic E-state index is 12.0. The summed E-state index contributed by atoms with van der Waals surface area (Å²) in [6.45, 7) is 4.44. The van der Waals surface area contributed by atoms with E-state index >= 15 is 0 Å². The monoisotopic (exact) mass is 256 g/mol. The van der Waals surface area contributed by atoms with Gasteiger partial charge in [0.1, 0.15) is 0 Å². The van der Waals surface area contributed by atoms with Gasteiger partial charge in [-0.15, -0.1) is 0 Å². The number of carbonyl (C=O) groups excluding carboxylic acids is 1. The second-order valence-electron chi connectivity index (χ2n) is 5.47. The lowest BCUT2D eigenvalue weighted by molar-refractivity contribution is -0.143. The van der Waals surface area contributed by atoms with Crippen molar-refractivity contribution in [1.29, 1.82) is 0 Å². The third-order valence-corrected chi connectivity index (χ3v) is 3.92. The van der Waals surface area contributed by atoms with Gasteiger partial charge in [0.15, 0.2) is 0 Å². The molecule has 0 spiro atoms. The lowest BCUT2D eigenvalue weighted by Crippen LogP contribution is -2.40. The molecule has 4 N–H and O–H groups in total. The van der Waals surface area contributed by atoms with Gasteiger partial charge < -0.3 is 16.2 Å². The summed E-state index contributed by atoms with van der Waals surface area (Å²) >= 11 is 0. The summed E-state index contributed by atoms with van der Waals surface area (Å²) in [4.78, 5) is 23.0. The maximum absolute atomic E-state index is 12.0. The number of carbonyl (C=O) groups is 2. The molecular formula is C13H24N2O3. The molecule has 0 aromatic carbocycles. The number of nitrogens with two attached hydrogens (primary N) is 1. The van der Waals surface area contributed by atoms with Crippen LogP contribution in [0.5, 0.6) is 0 Å². The molecule has 0 aliphatic heterocycles. The van der Waals surface area contributed by atoms with Crippen LogP contribution in [0.2, 0.25) is 0 Å². The summed E-state index contributed by atoms with van der Waals surface area (Å²) in [7, 11) is 0. The fourth-order valence-electron chi connectivity index (χ4n) is 2.61. The largest absolute Gasteiger partial charge is 0.481 e. The van der Waals surface area contributed by atoms with Crippen molar-refractivity contribution in [3.05, 3.63) is 0 Å². The Balaban J connectivity index is 2.47. The van der Waals surface area contributed by atoms with Gasteiger partial charge in [-0.3, -0.25) is 9.59 Å². The van der Waals surface area contributed by atoms with Crippen molar-refractivity contribution < 1.29 is 14.7 Å². The van der Waals surface area contributed by atoms with Crippen LogP contribution in [0.1, 0.15) is 33.1 Å². The van der Waals surface area contributed by atoms with Crippen molar-refractivity contribution in [3.63, 3.8) is 0 Å². The Morgan fingerprint density at radius 2 is 2.06 bits per heavy atom. The van der Waals surface area contributed by atoms with Crippen LogP contribution in [-0.2, 0) is 9.59 Å². The van der Waals surface area contributed by atoms with Crippen LogP contribution in [0.3, 0.4) is 0 Å². The molecule has 0 aromatic heterocycles. The number of amides is 1. The predicted molar refractivity (Wildman–Crippen MR) is 68.9 cm³/mol. The Labute approximate surface area is 108 Å². The zero-order valence-electron chi connectivity index (χ0n) is 11.2. The van der Waals surface area contributed by atoms with Crippen molar-refractivity contribution in [2.75, 3.05) is 13.1 Å².